The summed E-state index contributed by atoms with van der Waals surface area (Å²) in [6, 6.07) is 8.92. The number of pyridine rings is 2. The van der Waals surface area contributed by atoms with Crippen molar-refractivity contribution in [1.82, 2.24) is 19.8 Å². The molecule has 2 aliphatic rings. The van der Waals surface area contributed by atoms with Crippen molar-refractivity contribution in [1.29, 1.82) is 0 Å². The first-order valence-electron chi connectivity index (χ1n) is 10.3. The van der Waals surface area contributed by atoms with Gasteiger partial charge in [0.25, 0.3) is 11.5 Å². The third-order valence-electron chi connectivity index (χ3n) is 5.61. The molecular formula is C22H26N4O3. The molecule has 0 spiro atoms. The van der Waals surface area contributed by atoms with E-state index in [-0.39, 0.29) is 36.0 Å². The summed E-state index contributed by atoms with van der Waals surface area (Å²) in [4.78, 5) is 43.8. The van der Waals surface area contributed by atoms with Crippen LogP contribution in [0.3, 0.4) is 0 Å². The zero-order valence-corrected chi connectivity index (χ0v) is 16.4. The Morgan fingerprint density at radius 2 is 1.90 bits per heavy atom. The molecule has 152 valence electrons. The van der Waals surface area contributed by atoms with Gasteiger partial charge >= 0.3 is 0 Å². The lowest BCUT2D eigenvalue weighted by molar-refractivity contribution is -0.133. The van der Waals surface area contributed by atoms with Gasteiger partial charge in [0.1, 0.15) is 6.54 Å². The highest BCUT2D eigenvalue weighted by molar-refractivity contribution is 5.94. The number of aromatic nitrogens is 2. The summed E-state index contributed by atoms with van der Waals surface area (Å²) in [5.74, 6) is -0.320. The van der Waals surface area contributed by atoms with Crippen LogP contribution in [0.4, 0.5) is 0 Å². The number of amides is 2. The molecule has 2 aromatic heterocycles. The Kier molecular flexibility index (Phi) is 5.74. The molecule has 4 rings (SSSR count). The number of nitrogens with zero attached hydrogens (tertiary/aromatic N) is 3. The fraction of sp³-hybridized carbons (Fsp3) is 0.455. The second kappa shape index (κ2) is 8.59. The number of carbonyl (C=O) groups excluding carboxylic acids is 2. The molecule has 1 N–H and O–H groups in total. The van der Waals surface area contributed by atoms with Gasteiger partial charge in [0.2, 0.25) is 5.91 Å². The van der Waals surface area contributed by atoms with Gasteiger partial charge in [-0.05, 0) is 43.9 Å². The van der Waals surface area contributed by atoms with Crippen LogP contribution in [-0.2, 0) is 17.9 Å². The third kappa shape index (κ3) is 4.91. The minimum atomic E-state index is -0.288. The Labute approximate surface area is 169 Å². The van der Waals surface area contributed by atoms with E-state index in [9.17, 15) is 14.4 Å². The normalized spacial score (nSPS) is 16.6. The van der Waals surface area contributed by atoms with Gasteiger partial charge in [-0.25, -0.2) is 0 Å². The molecule has 2 aliphatic carbocycles. The molecule has 0 bridgehead atoms. The predicted octanol–water partition coefficient (Wildman–Crippen LogP) is 2.11. The van der Waals surface area contributed by atoms with Gasteiger partial charge in [-0.3, -0.25) is 19.4 Å². The second-order valence-corrected chi connectivity index (χ2v) is 7.91. The number of rotatable bonds is 7. The molecule has 0 atom stereocenters. The van der Waals surface area contributed by atoms with Gasteiger partial charge < -0.3 is 14.8 Å². The maximum Gasteiger partial charge on any atom is 0.252 e. The average Bonchev–Trinajstić information content (AvgIpc) is 3.44. The van der Waals surface area contributed by atoms with E-state index in [2.05, 4.69) is 10.3 Å². The van der Waals surface area contributed by atoms with Crippen LogP contribution in [0.2, 0.25) is 0 Å². The smallest absolute Gasteiger partial charge is 0.252 e. The number of hydrogen-bond donors (Lipinski definition) is 1. The van der Waals surface area contributed by atoms with Crippen LogP contribution in [0.1, 0.15) is 54.6 Å². The van der Waals surface area contributed by atoms with Crippen molar-refractivity contribution in [3.8, 4) is 0 Å². The highest BCUT2D eigenvalue weighted by Crippen LogP contribution is 2.28. The van der Waals surface area contributed by atoms with Crippen LogP contribution in [0.25, 0.3) is 0 Å². The maximum atomic E-state index is 12.9. The zero-order chi connectivity index (χ0) is 20.2. The molecule has 2 aromatic rings. The molecule has 2 fully saturated rings. The molecular weight excluding hydrogens is 368 g/mol. The predicted molar refractivity (Wildman–Crippen MR) is 108 cm³/mol. The highest BCUT2D eigenvalue weighted by Gasteiger charge is 2.33. The number of hydrogen-bond acceptors (Lipinski definition) is 4. The van der Waals surface area contributed by atoms with Crippen molar-refractivity contribution in [2.75, 3.05) is 0 Å². The lowest BCUT2D eigenvalue weighted by Gasteiger charge is -2.22. The Morgan fingerprint density at radius 3 is 2.59 bits per heavy atom. The molecule has 0 unspecified atom stereocenters. The first-order valence-corrected chi connectivity index (χ1v) is 10.3. The van der Waals surface area contributed by atoms with Gasteiger partial charge in [0.05, 0.1) is 17.8 Å². The lowest BCUT2D eigenvalue weighted by atomic mass is 10.2. The van der Waals surface area contributed by atoms with E-state index in [1.807, 2.05) is 18.2 Å². The molecule has 2 amide bonds. The fourth-order valence-corrected chi connectivity index (χ4v) is 3.84. The van der Waals surface area contributed by atoms with Gasteiger partial charge in [-0.2, -0.15) is 0 Å². The van der Waals surface area contributed by atoms with Gasteiger partial charge in [-0.1, -0.05) is 18.9 Å². The van der Waals surface area contributed by atoms with Crippen LogP contribution >= 0.6 is 0 Å². The van der Waals surface area contributed by atoms with Crippen LogP contribution in [-0.4, -0.2) is 38.3 Å². The molecule has 0 aromatic carbocycles. The fourth-order valence-electron chi connectivity index (χ4n) is 3.84. The van der Waals surface area contributed by atoms with Crippen LogP contribution in [0.15, 0.2) is 47.5 Å². The summed E-state index contributed by atoms with van der Waals surface area (Å²) in [6.45, 7) is 0.355. The first-order chi connectivity index (χ1) is 14.1. The van der Waals surface area contributed by atoms with Crippen molar-refractivity contribution in [3.63, 3.8) is 0 Å². The molecule has 29 heavy (non-hydrogen) atoms. The molecule has 7 nitrogen and oxygen atoms in total. The van der Waals surface area contributed by atoms with E-state index < -0.39 is 0 Å². The van der Waals surface area contributed by atoms with Gasteiger partial charge in [-0.15, -0.1) is 0 Å². The van der Waals surface area contributed by atoms with Crippen molar-refractivity contribution >= 4 is 11.8 Å². The summed E-state index contributed by atoms with van der Waals surface area (Å²) < 4.78 is 1.33. The SMILES string of the molecule is O=C(NC1CCCC1)c1ccc(=O)n(CC(=O)N(Cc2ccccn2)C2CC2)c1. The molecule has 0 aliphatic heterocycles. The van der Waals surface area contributed by atoms with Crippen molar-refractivity contribution < 1.29 is 9.59 Å². The molecule has 2 saturated carbocycles. The topological polar surface area (TPSA) is 84.3 Å². The van der Waals surface area contributed by atoms with Crippen LogP contribution < -0.4 is 10.9 Å². The number of carbonyl (C=O) groups is 2. The highest BCUT2D eigenvalue weighted by atomic mass is 16.2. The third-order valence-corrected chi connectivity index (χ3v) is 5.61. The van der Waals surface area contributed by atoms with Crippen molar-refractivity contribution in [3.05, 3.63) is 64.3 Å². The summed E-state index contributed by atoms with van der Waals surface area (Å²) in [7, 11) is 0. The Balaban J connectivity index is 1.46. The first kappa shape index (κ1) is 19.4. The summed E-state index contributed by atoms with van der Waals surface area (Å²) in [6.07, 6.45) is 9.40. The number of nitrogens with one attached hydrogen (secondary N) is 1. The minimum absolute atomic E-state index is 0.0767. The van der Waals surface area contributed by atoms with Gasteiger partial charge in [0, 0.05) is 30.5 Å². The quantitative estimate of drug-likeness (QED) is 0.780. The molecule has 7 heteroatoms. The van der Waals surface area contributed by atoms with Crippen molar-refractivity contribution in [2.24, 2.45) is 0 Å². The summed E-state index contributed by atoms with van der Waals surface area (Å²) in [5.41, 5.74) is 0.945. The summed E-state index contributed by atoms with van der Waals surface area (Å²) >= 11 is 0. The monoisotopic (exact) mass is 394 g/mol. The van der Waals surface area contributed by atoms with E-state index in [0.29, 0.717) is 12.1 Å². The lowest BCUT2D eigenvalue weighted by Crippen LogP contribution is -2.38. The van der Waals surface area contributed by atoms with Crippen molar-refractivity contribution in [2.45, 2.75) is 63.7 Å². The van der Waals surface area contributed by atoms with Crippen LogP contribution in [0.5, 0.6) is 0 Å². The zero-order valence-electron chi connectivity index (χ0n) is 16.4. The Bertz CT molecular complexity index is 931. The average molecular weight is 394 g/mol. The Morgan fingerprint density at radius 1 is 1.10 bits per heavy atom. The summed E-state index contributed by atoms with van der Waals surface area (Å²) in [5, 5.41) is 3.02. The van der Waals surface area contributed by atoms with E-state index >= 15 is 0 Å². The Hall–Kier alpha value is -2.96. The molecule has 0 radical (unpaired) electrons. The largest absolute Gasteiger partial charge is 0.349 e. The van der Waals surface area contributed by atoms with Crippen LogP contribution in [0, 0.1) is 0 Å². The van der Waals surface area contributed by atoms with Gasteiger partial charge in [0.15, 0.2) is 0 Å². The van der Waals surface area contributed by atoms with E-state index in [4.69, 9.17) is 0 Å². The molecule has 0 saturated heterocycles. The minimum Gasteiger partial charge on any atom is -0.349 e. The van der Waals surface area contributed by atoms with E-state index in [0.717, 1.165) is 44.2 Å². The molecule has 2 heterocycles. The standard InChI is InChI=1S/C22H26N4O3/c27-20-11-8-16(22(29)24-17-5-1-2-6-17)13-25(20)15-21(28)26(19-9-10-19)14-18-7-3-4-12-23-18/h3-4,7-8,11-13,17,19H,1-2,5-6,9-10,14-15H2,(H,24,29). The van der Waals surface area contributed by atoms with E-state index in [1.165, 1.54) is 22.9 Å². The maximum absolute atomic E-state index is 12.9. The second-order valence-electron chi connectivity index (χ2n) is 7.91. The van der Waals surface area contributed by atoms with E-state index in [1.54, 1.807) is 11.1 Å².